The van der Waals surface area contributed by atoms with Crippen LogP contribution in [0.1, 0.15) is 6.92 Å². The first-order valence-electron chi connectivity index (χ1n) is 5.70. The van der Waals surface area contributed by atoms with Gasteiger partial charge < -0.3 is 15.5 Å². The average molecular weight is 248 g/mol. The van der Waals surface area contributed by atoms with Gasteiger partial charge in [-0.15, -0.1) is 0 Å². The molecule has 0 aliphatic carbocycles. The van der Waals surface area contributed by atoms with E-state index in [4.69, 9.17) is 0 Å². The summed E-state index contributed by atoms with van der Waals surface area (Å²) in [4.78, 5) is 12.6. The van der Waals surface area contributed by atoms with Gasteiger partial charge in [-0.25, -0.2) is 9.97 Å². The highest BCUT2D eigenvalue weighted by atomic mass is 16.3. The Kier molecular flexibility index (Phi) is 3.69. The van der Waals surface area contributed by atoms with E-state index >= 15 is 0 Å². The largest absolute Gasteiger partial charge is 0.396 e. The van der Waals surface area contributed by atoms with Crippen molar-refractivity contribution in [3.8, 4) is 0 Å². The van der Waals surface area contributed by atoms with Crippen molar-refractivity contribution in [2.75, 3.05) is 25.1 Å². The van der Waals surface area contributed by atoms with Crippen molar-refractivity contribution in [2.24, 2.45) is 5.41 Å². The topological polar surface area (TPSA) is 91.2 Å². The number of pyridine rings is 1. The molecule has 96 valence electrons. The smallest absolute Gasteiger partial charge is 0.154 e. The minimum atomic E-state index is -0.591. The third-order valence-electron chi connectivity index (χ3n) is 2.83. The molecule has 3 N–H and O–H groups in total. The summed E-state index contributed by atoms with van der Waals surface area (Å²) in [5.74, 6) is 0.605. The molecule has 0 bridgehead atoms. The maximum Gasteiger partial charge on any atom is 0.154 e. The van der Waals surface area contributed by atoms with Crippen molar-refractivity contribution in [2.45, 2.75) is 6.92 Å². The molecule has 0 spiro atoms. The van der Waals surface area contributed by atoms with Crippen LogP contribution in [0.15, 0.2) is 24.7 Å². The van der Waals surface area contributed by atoms with Gasteiger partial charge in [0.1, 0.15) is 5.52 Å². The van der Waals surface area contributed by atoms with E-state index in [1.165, 1.54) is 0 Å². The summed E-state index contributed by atoms with van der Waals surface area (Å²) in [6, 6.07) is 1.78. The highest BCUT2D eigenvalue weighted by Crippen LogP contribution is 2.19. The highest BCUT2D eigenvalue weighted by molar-refractivity contribution is 5.84. The number of nitrogens with zero attached hydrogens (tertiary/aromatic N) is 3. The molecule has 18 heavy (non-hydrogen) atoms. The zero-order chi connectivity index (χ0) is 13.0. The van der Waals surface area contributed by atoms with Crippen LogP contribution in [-0.2, 0) is 0 Å². The van der Waals surface area contributed by atoms with Crippen LogP contribution in [0, 0.1) is 5.41 Å². The summed E-state index contributed by atoms with van der Waals surface area (Å²) >= 11 is 0. The van der Waals surface area contributed by atoms with Gasteiger partial charge in [-0.2, -0.15) is 0 Å². The maximum absolute atomic E-state index is 9.23. The van der Waals surface area contributed by atoms with Gasteiger partial charge in [0.25, 0.3) is 0 Å². The van der Waals surface area contributed by atoms with Gasteiger partial charge in [0.2, 0.25) is 0 Å². The molecule has 0 radical (unpaired) electrons. The van der Waals surface area contributed by atoms with Crippen LogP contribution in [0.25, 0.3) is 11.0 Å². The number of hydrogen-bond acceptors (Lipinski definition) is 6. The fraction of sp³-hybridized carbons (Fsp3) is 0.417. The highest BCUT2D eigenvalue weighted by Gasteiger charge is 2.22. The molecule has 0 amide bonds. The Hall–Kier alpha value is -1.79. The van der Waals surface area contributed by atoms with E-state index in [-0.39, 0.29) is 13.2 Å². The molecule has 0 aromatic carbocycles. The molecule has 2 aromatic rings. The monoisotopic (exact) mass is 248 g/mol. The molecular formula is C12H16N4O2. The first-order chi connectivity index (χ1) is 8.68. The van der Waals surface area contributed by atoms with Gasteiger partial charge in [0, 0.05) is 30.6 Å². The third-order valence-corrected chi connectivity index (χ3v) is 2.83. The van der Waals surface area contributed by atoms with Crippen LogP contribution in [0.4, 0.5) is 5.82 Å². The fourth-order valence-electron chi connectivity index (χ4n) is 1.49. The van der Waals surface area contributed by atoms with Crippen LogP contribution in [0.5, 0.6) is 0 Å². The van der Waals surface area contributed by atoms with Crippen LogP contribution in [-0.4, -0.2) is 44.9 Å². The summed E-state index contributed by atoms with van der Waals surface area (Å²) in [6.45, 7) is 1.99. The molecule has 0 fully saturated rings. The lowest BCUT2D eigenvalue weighted by atomic mass is 9.93. The second-order valence-corrected chi connectivity index (χ2v) is 4.56. The van der Waals surface area contributed by atoms with E-state index in [1.54, 1.807) is 31.6 Å². The van der Waals surface area contributed by atoms with Gasteiger partial charge in [0.05, 0.1) is 18.7 Å². The predicted octanol–water partition coefficient (Wildman–Crippen LogP) is 0.428. The number of nitrogens with one attached hydrogen (secondary N) is 1. The molecule has 6 heteroatoms. The lowest BCUT2D eigenvalue weighted by molar-refractivity contribution is 0.0806. The van der Waals surface area contributed by atoms with E-state index in [2.05, 4.69) is 20.3 Å². The van der Waals surface area contributed by atoms with Gasteiger partial charge in [-0.3, -0.25) is 4.98 Å². The Morgan fingerprint density at radius 3 is 2.56 bits per heavy atom. The van der Waals surface area contributed by atoms with E-state index in [9.17, 15) is 10.2 Å². The van der Waals surface area contributed by atoms with Crippen LogP contribution >= 0.6 is 0 Å². The third kappa shape index (κ3) is 2.55. The molecule has 2 aromatic heterocycles. The number of fused-ring (bicyclic) bond motifs is 1. The van der Waals surface area contributed by atoms with Gasteiger partial charge in [-0.05, 0) is 6.07 Å². The van der Waals surface area contributed by atoms with Gasteiger partial charge in [0.15, 0.2) is 5.82 Å². The second kappa shape index (κ2) is 5.24. The lowest BCUT2D eigenvalue weighted by Crippen LogP contribution is -2.34. The zero-order valence-electron chi connectivity index (χ0n) is 10.2. The first-order valence-corrected chi connectivity index (χ1v) is 5.70. The molecule has 2 rings (SSSR count). The molecule has 0 aliphatic rings. The normalized spacial score (nSPS) is 11.7. The predicted molar refractivity (Wildman–Crippen MR) is 68.1 cm³/mol. The summed E-state index contributed by atoms with van der Waals surface area (Å²) in [7, 11) is 0. The zero-order valence-corrected chi connectivity index (χ0v) is 10.2. The van der Waals surface area contributed by atoms with Gasteiger partial charge in [-0.1, -0.05) is 6.92 Å². The Labute approximate surface area is 105 Å². The summed E-state index contributed by atoms with van der Waals surface area (Å²) in [6.07, 6.45) is 4.87. The molecular weight excluding hydrogens is 232 g/mol. The molecule has 0 aliphatic heterocycles. The summed E-state index contributed by atoms with van der Waals surface area (Å²) < 4.78 is 0. The number of aliphatic hydroxyl groups excluding tert-OH is 2. The minimum absolute atomic E-state index is 0.104. The Balaban J connectivity index is 2.22. The van der Waals surface area contributed by atoms with E-state index in [1.807, 2.05) is 0 Å². The quantitative estimate of drug-likeness (QED) is 0.710. The number of hydrogen-bond donors (Lipinski definition) is 3. The Morgan fingerprint density at radius 1 is 1.11 bits per heavy atom. The van der Waals surface area contributed by atoms with Crippen LogP contribution in [0.2, 0.25) is 0 Å². The number of anilines is 1. The molecule has 6 nitrogen and oxygen atoms in total. The van der Waals surface area contributed by atoms with E-state index in [0.717, 1.165) is 5.52 Å². The summed E-state index contributed by atoms with van der Waals surface area (Å²) in [5, 5.41) is 21.6. The molecule has 0 saturated heterocycles. The number of aromatic nitrogens is 3. The molecule has 2 heterocycles. The van der Waals surface area contributed by atoms with Gasteiger partial charge >= 0.3 is 0 Å². The molecule has 0 atom stereocenters. The van der Waals surface area contributed by atoms with Crippen molar-refractivity contribution >= 4 is 16.9 Å². The van der Waals surface area contributed by atoms with Crippen molar-refractivity contribution in [1.82, 2.24) is 15.0 Å². The van der Waals surface area contributed by atoms with Crippen molar-refractivity contribution in [3.05, 3.63) is 24.7 Å². The Morgan fingerprint density at radius 2 is 1.83 bits per heavy atom. The Bertz CT molecular complexity index is 523. The molecule has 0 unspecified atom stereocenters. The van der Waals surface area contributed by atoms with Crippen LogP contribution in [0.3, 0.4) is 0 Å². The van der Waals surface area contributed by atoms with Crippen LogP contribution < -0.4 is 5.32 Å². The standard InChI is InChI=1S/C12H16N4O2/c1-12(7-17,8-18)6-16-11-10-9(2-3-15-11)13-4-5-14-10/h2-5,17-18H,6-8H2,1H3,(H,15,16). The van der Waals surface area contributed by atoms with E-state index in [0.29, 0.717) is 17.9 Å². The van der Waals surface area contributed by atoms with Crippen molar-refractivity contribution < 1.29 is 10.2 Å². The fourth-order valence-corrected chi connectivity index (χ4v) is 1.49. The minimum Gasteiger partial charge on any atom is -0.396 e. The SMILES string of the molecule is CC(CO)(CO)CNc1nccc2nccnc12. The van der Waals surface area contributed by atoms with Crippen molar-refractivity contribution in [3.63, 3.8) is 0 Å². The van der Waals surface area contributed by atoms with Crippen molar-refractivity contribution in [1.29, 1.82) is 0 Å². The van der Waals surface area contributed by atoms with E-state index < -0.39 is 5.41 Å². The lowest BCUT2D eigenvalue weighted by Gasteiger charge is -2.25. The average Bonchev–Trinajstić information content (AvgIpc) is 2.44. The number of aliphatic hydroxyl groups is 2. The molecule has 0 saturated carbocycles. The number of rotatable bonds is 5. The summed E-state index contributed by atoms with van der Waals surface area (Å²) in [5.41, 5.74) is 0.842. The maximum atomic E-state index is 9.23. The second-order valence-electron chi connectivity index (χ2n) is 4.56. The first kappa shape index (κ1) is 12.7.